The molecule has 470 valence electrons. The molecule has 0 spiro atoms. The van der Waals surface area contributed by atoms with Crippen molar-refractivity contribution in [1.29, 1.82) is 0 Å². The van der Waals surface area contributed by atoms with Gasteiger partial charge >= 0.3 is 31.8 Å². The van der Waals surface area contributed by atoms with Gasteiger partial charge in [0.25, 0.3) is 11.8 Å². The Balaban J connectivity index is 1.17. The molecule has 3 aliphatic rings. The van der Waals surface area contributed by atoms with Crippen LogP contribution < -0.4 is 15.4 Å². The van der Waals surface area contributed by atoms with E-state index in [0.29, 0.717) is 12.0 Å². The molecular formula is C54H73N4O26P. The van der Waals surface area contributed by atoms with Crippen LogP contribution in [0.2, 0.25) is 0 Å². The highest BCUT2D eigenvalue weighted by atomic mass is 31.2. The molecule has 3 aliphatic heterocycles. The van der Waals surface area contributed by atoms with Crippen LogP contribution in [0, 0.1) is 0 Å². The Labute approximate surface area is 488 Å². The third kappa shape index (κ3) is 26.4. The van der Waals surface area contributed by atoms with Gasteiger partial charge in [-0.3, -0.25) is 33.4 Å². The number of benzene rings is 1. The molecule has 1 aromatic carbocycles. The normalized spacial score (nSPS) is 21.3. The fraction of sp³-hybridized carbons (Fsp3) is 0.519. The number of esters is 2. The molecule has 5 amide bonds. The van der Waals surface area contributed by atoms with Crippen LogP contribution in [0.15, 0.2) is 91.1 Å². The van der Waals surface area contributed by atoms with Crippen LogP contribution in [0.25, 0.3) is 0 Å². The Kier molecular flexibility index (Phi) is 29.9. The van der Waals surface area contributed by atoms with Crippen molar-refractivity contribution in [1.82, 2.24) is 15.1 Å². The molecule has 1 aromatic rings. The average Bonchev–Trinajstić information content (AvgIpc) is 3.12. The van der Waals surface area contributed by atoms with Crippen molar-refractivity contribution in [3.05, 3.63) is 96.7 Å². The number of carbonyl (C=O) groups is 8. The maximum absolute atomic E-state index is 13.1. The number of ether oxygens (including phenoxy) is 8. The van der Waals surface area contributed by atoms with E-state index in [1.54, 1.807) is 6.08 Å². The molecular weight excluding hydrogens is 1150 g/mol. The Bertz CT molecular complexity index is 2640. The molecule has 30 nitrogen and oxygen atoms in total. The number of aliphatic hydroxyl groups is 5. The van der Waals surface area contributed by atoms with Gasteiger partial charge in [-0.05, 0) is 43.2 Å². The number of hydrogen-bond acceptors (Lipinski definition) is 23. The molecule has 0 aromatic heterocycles. The molecule has 4 rings (SSSR count). The van der Waals surface area contributed by atoms with E-state index in [1.807, 2.05) is 0 Å². The maximum Gasteiger partial charge on any atom is 0.469 e. The standard InChI is InChI=1S/C54H73N4O26P/c1-54(72,21-18-37-11-8-12-46(65)81-37)40(84-85(73,74)75)33-36(59)10-6-4-3-5-7-25-79-53(71)57(2)23-9-13-45(64)80-34-35-14-15-39(82-52-49(68)47(66)48(67)50(83-52)51(69)70)38(32-35)56-42(61)19-22-55-41(60)20-26-76-28-30-78-31-29-77-27-24-58-43(62)16-17-44(58)63/h3-8,10,12,14-18,21,32,36-37,40,47-50,52,59,66-68,72H,9,11,13,19-20,22-31,33-34H2,1-2H3,(H,55,60)(H,56,61)(H,69,70)(H2,73,74,75)/b4-3-,7-5+,10-6-,21-18+/t36-,37-,40-,47+,48+,49-,50+,52-,54-/m1/s1. The van der Waals surface area contributed by atoms with Gasteiger partial charge in [0.1, 0.15) is 55.1 Å². The summed E-state index contributed by atoms with van der Waals surface area (Å²) in [6, 6.07) is 4.04. The summed E-state index contributed by atoms with van der Waals surface area (Å²) in [5, 5.41) is 67.2. The van der Waals surface area contributed by atoms with Crippen LogP contribution >= 0.6 is 7.82 Å². The molecule has 0 bridgehead atoms. The molecule has 1 fully saturated rings. The summed E-state index contributed by atoms with van der Waals surface area (Å²) < 4.78 is 59.2. The van der Waals surface area contributed by atoms with Crippen LogP contribution in [0.3, 0.4) is 0 Å². The van der Waals surface area contributed by atoms with Gasteiger partial charge in [0, 0.05) is 70.5 Å². The van der Waals surface area contributed by atoms with Crippen molar-refractivity contribution in [2.75, 3.05) is 78.2 Å². The molecule has 0 unspecified atom stereocenters. The molecule has 0 radical (unpaired) electrons. The molecule has 0 aliphatic carbocycles. The third-order valence-corrected chi connectivity index (χ3v) is 12.8. The second-order valence-electron chi connectivity index (χ2n) is 19.1. The lowest BCUT2D eigenvalue weighted by Gasteiger charge is -2.38. The molecule has 10 N–H and O–H groups in total. The Morgan fingerprint density at radius 1 is 0.871 bits per heavy atom. The van der Waals surface area contributed by atoms with E-state index in [2.05, 4.69) is 10.6 Å². The van der Waals surface area contributed by atoms with E-state index in [9.17, 15) is 83.3 Å². The molecule has 0 saturated carbocycles. The number of carboxylic acids is 1. The number of rotatable bonds is 37. The summed E-state index contributed by atoms with van der Waals surface area (Å²) >= 11 is 0. The summed E-state index contributed by atoms with van der Waals surface area (Å²) in [7, 11) is -3.66. The summed E-state index contributed by atoms with van der Waals surface area (Å²) in [5.41, 5.74) is -1.77. The van der Waals surface area contributed by atoms with E-state index in [-0.39, 0.29) is 110 Å². The Morgan fingerprint density at radius 2 is 1.55 bits per heavy atom. The van der Waals surface area contributed by atoms with Crippen molar-refractivity contribution >= 4 is 61.1 Å². The van der Waals surface area contributed by atoms with E-state index < -0.39 is 116 Å². The fourth-order valence-corrected chi connectivity index (χ4v) is 8.29. The van der Waals surface area contributed by atoms with Crippen molar-refractivity contribution < 1.29 is 126 Å². The Morgan fingerprint density at radius 3 is 2.24 bits per heavy atom. The SMILES string of the molecule is CN(CCCC(=O)OCc1ccc(O[C@@H]2O[C@H](C(=O)O)[C@@H](O)[C@H](O)[C@H]2O)c(NC(=O)CCNC(=O)CCOCCOCCOCCN2C(=O)C=CC2=O)c1)C(=O)OC/C=C/C=C\C=C/[C@@H](O)C[C@@H](OP(=O)(O)O)[C@](C)(O)/C=C/[C@H]1CC=CC(=O)O1. The van der Waals surface area contributed by atoms with Crippen LogP contribution in [-0.4, -0.2) is 225 Å². The van der Waals surface area contributed by atoms with E-state index in [4.69, 9.17) is 42.4 Å². The first-order chi connectivity index (χ1) is 40.3. The number of nitrogens with zero attached hydrogens (tertiary/aromatic N) is 2. The smallest absolute Gasteiger partial charge is 0.469 e. The molecule has 1 saturated heterocycles. The maximum atomic E-state index is 13.1. The van der Waals surface area contributed by atoms with Crippen molar-refractivity contribution in [2.45, 2.75) is 107 Å². The van der Waals surface area contributed by atoms with Gasteiger partial charge in [-0.2, -0.15) is 0 Å². The van der Waals surface area contributed by atoms with Crippen LogP contribution in [0.4, 0.5) is 10.5 Å². The first-order valence-corrected chi connectivity index (χ1v) is 28.2. The van der Waals surface area contributed by atoms with Gasteiger partial charge in [0.15, 0.2) is 6.10 Å². The van der Waals surface area contributed by atoms with Gasteiger partial charge in [0.05, 0.1) is 58.0 Å². The second kappa shape index (κ2) is 36.1. The largest absolute Gasteiger partial charge is 0.479 e. The first kappa shape index (κ1) is 70.5. The number of anilines is 1. The molecule has 3 heterocycles. The summed E-state index contributed by atoms with van der Waals surface area (Å²) in [6.45, 7) is 1.86. The summed E-state index contributed by atoms with van der Waals surface area (Å²) in [4.78, 5) is 118. The molecule has 31 heteroatoms. The number of carboxylic acid groups (broad SMARTS) is 1. The van der Waals surface area contributed by atoms with Gasteiger partial charge in [-0.1, -0.05) is 48.6 Å². The highest BCUT2D eigenvalue weighted by molar-refractivity contribution is 7.46. The minimum absolute atomic E-state index is 0.0420. The predicted octanol–water partition coefficient (Wildman–Crippen LogP) is -0.264. The number of aliphatic hydroxyl groups excluding tert-OH is 4. The van der Waals surface area contributed by atoms with E-state index in [0.717, 1.165) is 4.90 Å². The number of imide groups is 1. The first-order valence-electron chi connectivity index (χ1n) is 26.6. The number of nitrogens with one attached hydrogen (secondary N) is 2. The summed E-state index contributed by atoms with van der Waals surface area (Å²) in [6.07, 6.45) is 1.94. The third-order valence-electron chi connectivity index (χ3n) is 12.2. The number of amides is 5. The van der Waals surface area contributed by atoms with Crippen molar-refractivity contribution in [3.8, 4) is 5.75 Å². The van der Waals surface area contributed by atoms with Crippen molar-refractivity contribution in [2.24, 2.45) is 0 Å². The van der Waals surface area contributed by atoms with Gasteiger partial charge in [-0.25, -0.2) is 18.9 Å². The number of hydrogen-bond donors (Lipinski definition) is 10. The minimum Gasteiger partial charge on any atom is -0.479 e. The van der Waals surface area contributed by atoms with Gasteiger partial charge < -0.3 is 93.9 Å². The second-order valence-corrected chi connectivity index (χ2v) is 20.3. The van der Waals surface area contributed by atoms with Crippen LogP contribution in [0.1, 0.15) is 51.0 Å². The van der Waals surface area contributed by atoms with Crippen LogP contribution in [0.5, 0.6) is 5.75 Å². The number of aliphatic carboxylic acids is 1. The van der Waals surface area contributed by atoms with E-state index in [1.165, 1.54) is 104 Å². The topological polar surface area (TPSA) is 429 Å². The average molecular weight is 1230 g/mol. The lowest BCUT2D eigenvalue weighted by atomic mass is 9.93. The van der Waals surface area contributed by atoms with Crippen molar-refractivity contribution in [3.63, 3.8) is 0 Å². The molecule has 9 atom stereocenters. The van der Waals surface area contributed by atoms with Crippen LogP contribution in [-0.2, 0) is 82.4 Å². The quantitative estimate of drug-likeness (QED) is 0.00780. The molecule has 85 heavy (non-hydrogen) atoms. The Hall–Kier alpha value is -7.03. The monoisotopic (exact) mass is 1220 g/mol. The lowest BCUT2D eigenvalue weighted by molar-refractivity contribution is -0.271. The lowest BCUT2D eigenvalue weighted by Crippen LogP contribution is -2.61. The number of phosphoric acid groups is 1. The summed E-state index contributed by atoms with van der Waals surface area (Å²) in [5.74, 6) is -4.98. The zero-order chi connectivity index (χ0) is 62.5. The highest BCUT2D eigenvalue weighted by Crippen LogP contribution is 2.42. The zero-order valence-electron chi connectivity index (χ0n) is 46.6. The van der Waals surface area contributed by atoms with Gasteiger partial charge in [-0.15, -0.1) is 0 Å². The number of carbonyl (C=O) groups excluding carboxylic acids is 7. The number of cyclic esters (lactones) is 1. The van der Waals surface area contributed by atoms with E-state index >= 15 is 0 Å². The zero-order valence-corrected chi connectivity index (χ0v) is 47.5. The van der Waals surface area contributed by atoms with Gasteiger partial charge in [0.2, 0.25) is 18.1 Å². The minimum atomic E-state index is -5.11. The number of phosphoric ester groups is 1. The number of allylic oxidation sites excluding steroid dienone is 4. The predicted molar refractivity (Wildman–Crippen MR) is 292 cm³/mol. The highest BCUT2D eigenvalue weighted by Gasteiger charge is 2.48. The fourth-order valence-electron chi connectivity index (χ4n) is 7.66.